The maximum absolute atomic E-state index is 12.3. The molecule has 3 rings (SSSR count). The van der Waals surface area contributed by atoms with E-state index in [1.807, 2.05) is 36.0 Å². The van der Waals surface area contributed by atoms with Crippen LogP contribution in [-0.2, 0) is 11.3 Å². The topological polar surface area (TPSA) is 76.4 Å². The van der Waals surface area contributed by atoms with Gasteiger partial charge in [0.05, 0.1) is 19.3 Å². The molecule has 1 unspecified atom stereocenters. The monoisotopic (exact) mass is 330 g/mol. The SMILES string of the molecule is CN(C)c1ncccc1OC1CCN(C(=O)CCn2ccnn2)C1. The van der Waals surface area contributed by atoms with Crippen LogP contribution in [0.3, 0.4) is 0 Å². The number of hydrogen-bond acceptors (Lipinski definition) is 6. The Morgan fingerprint density at radius 3 is 3.04 bits per heavy atom. The van der Waals surface area contributed by atoms with Gasteiger partial charge in [-0.1, -0.05) is 5.21 Å². The minimum Gasteiger partial charge on any atom is -0.485 e. The van der Waals surface area contributed by atoms with Crippen molar-refractivity contribution in [3.8, 4) is 5.75 Å². The number of rotatable bonds is 6. The highest BCUT2D eigenvalue weighted by molar-refractivity contribution is 5.76. The van der Waals surface area contributed by atoms with Crippen LogP contribution < -0.4 is 9.64 Å². The Balaban J connectivity index is 1.53. The first kappa shape index (κ1) is 16.2. The van der Waals surface area contributed by atoms with Crippen molar-refractivity contribution < 1.29 is 9.53 Å². The van der Waals surface area contributed by atoms with Crippen molar-refractivity contribution in [2.24, 2.45) is 0 Å². The minimum absolute atomic E-state index is 0.00298. The highest BCUT2D eigenvalue weighted by Gasteiger charge is 2.28. The predicted octanol–water partition coefficient (Wildman–Crippen LogP) is 0.809. The first-order chi connectivity index (χ1) is 11.6. The molecule has 1 atom stereocenters. The van der Waals surface area contributed by atoms with Crippen molar-refractivity contribution in [1.82, 2.24) is 24.9 Å². The second kappa shape index (κ2) is 7.29. The van der Waals surface area contributed by atoms with Gasteiger partial charge in [-0.25, -0.2) is 4.98 Å². The number of hydrogen-bond donors (Lipinski definition) is 0. The Morgan fingerprint density at radius 1 is 1.42 bits per heavy atom. The second-order valence-corrected chi connectivity index (χ2v) is 6.00. The van der Waals surface area contributed by atoms with Crippen LogP contribution in [-0.4, -0.2) is 64.1 Å². The number of ether oxygens (including phenoxy) is 1. The molecule has 0 saturated carbocycles. The fourth-order valence-corrected chi connectivity index (χ4v) is 2.76. The molecule has 0 radical (unpaired) electrons. The largest absolute Gasteiger partial charge is 0.485 e. The van der Waals surface area contributed by atoms with Gasteiger partial charge in [0.25, 0.3) is 0 Å². The minimum atomic E-state index is 0.00298. The summed E-state index contributed by atoms with van der Waals surface area (Å²) in [4.78, 5) is 20.4. The molecule has 2 aromatic rings. The fraction of sp³-hybridized carbons (Fsp3) is 0.500. The molecule has 1 saturated heterocycles. The summed E-state index contributed by atoms with van der Waals surface area (Å²) in [6, 6.07) is 3.77. The van der Waals surface area contributed by atoms with Gasteiger partial charge in [0.15, 0.2) is 11.6 Å². The third kappa shape index (κ3) is 3.81. The molecule has 0 bridgehead atoms. The van der Waals surface area contributed by atoms with Gasteiger partial charge in [-0.05, 0) is 12.1 Å². The van der Waals surface area contributed by atoms with Crippen molar-refractivity contribution in [3.05, 3.63) is 30.7 Å². The fourth-order valence-electron chi connectivity index (χ4n) is 2.76. The zero-order valence-electron chi connectivity index (χ0n) is 14.0. The first-order valence-electron chi connectivity index (χ1n) is 8.04. The molecule has 24 heavy (non-hydrogen) atoms. The van der Waals surface area contributed by atoms with Crippen LogP contribution in [0.2, 0.25) is 0 Å². The van der Waals surface area contributed by atoms with Gasteiger partial charge >= 0.3 is 0 Å². The van der Waals surface area contributed by atoms with Gasteiger partial charge in [0.1, 0.15) is 6.10 Å². The Kier molecular flexibility index (Phi) is 4.93. The molecule has 8 nitrogen and oxygen atoms in total. The molecular formula is C16H22N6O2. The summed E-state index contributed by atoms with van der Waals surface area (Å²) >= 11 is 0. The number of carbonyl (C=O) groups is 1. The van der Waals surface area contributed by atoms with E-state index in [4.69, 9.17) is 4.74 Å². The van der Waals surface area contributed by atoms with E-state index < -0.39 is 0 Å². The van der Waals surface area contributed by atoms with E-state index in [0.717, 1.165) is 24.5 Å². The number of aryl methyl sites for hydroxylation is 1. The molecule has 2 aromatic heterocycles. The zero-order valence-corrected chi connectivity index (χ0v) is 14.0. The van der Waals surface area contributed by atoms with E-state index in [-0.39, 0.29) is 12.0 Å². The number of carbonyl (C=O) groups excluding carboxylic acids is 1. The van der Waals surface area contributed by atoms with Gasteiger partial charge in [0.2, 0.25) is 5.91 Å². The molecule has 0 N–H and O–H groups in total. The number of likely N-dealkylation sites (tertiary alicyclic amines) is 1. The quantitative estimate of drug-likeness (QED) is 0.780. The summed E-state index contributed by atoms with van der Waals surface area (Å²) in [6.07, 6.45) is 6.37. The van der Waals surface area contributed by atoms with Gasteiger partial charge < -0.3 is 14.5 Å². The van der Waals surface area contributed by atoms with Crippen LogP contribution in [0.15, 0.2) is 30.7 Å². The van der Waals surface area contributed by atoms with E-state index >= 15 is 0 Å². The van der Waals surface area contributed by atoms with Crippen molar-refractivity contribution in [2.75, 3.05) is 32.1 Å². The van der Waals surface area contributed by atoms with Crippen molar-refractivity contribution >= 4 is 11.7 Å². The van der Waals surface area contributed by atoms with Gasteiger partial charge in [-0.15, -0.1) is 5.10 Å². The number of amides is 1. The van der Waals surface area contributed by atoms with Crippen LogP contribution in [0.25, 0.3) is 0 Å². The van der Waals surface area contributed by atoms with E-state index in [9.17, 15) is 4.79 Å². The number of nitrogens with zero attached hydrogens (tertiary/aromatic N) is 6. The van der Waals surface area contributed by atoms with E-state index in [2.05, 4.69) is 15.3 Å². The first-order valence-corrected chi connectivity index (χ1v) is 8.04. The molecule has 1 aliphatic rings. The van der Waals surface area contributed by atoms with Gasteiger partial charge in [-0.2, -0.15) is 0 Å². The van der Waals surface area contributed by atoms with Crippen molar-refractivity contribution in [2.45, 2.75) is 25.5 Å². The molecule has 3 heterocycles. The third-order valence-corrected chi connectivity index (χ3v) is 3.99. The standard InChI is InChI=1S/C16H22N6O2/c1-20(2)16-14(4-3-7-17-16)24-13-5-9-21(12-13)15(23)6-10-22-11-8-18-19-22/h3-4,7-8,11,13H,5-6,9-10,12H2,1-2H3. The highest BCUT2D eigenvalue weighted by atomic mass is 16.5. The van der Waals surface area contributed by atoms with Crippen molar-refractivity contribution in [1.29, 1.82) is 0 Å². The summed E-state index contributed by atoms with van der Waals surface area (Å²) in [5.41, 5.74) is 0. The van der Waals surface area contributed by atoms with Crippen LogP contribution in [0.4, 0.5) is 5.82 Å². The summed E-state index contributed by atoms with van der Waals surface area (Å²) in [6.45, 7) is 1.88. The average Bonchev–Trinajstić information content (AvgIpc) is 3.24. The molecule has 1 aliphatic heterocycles. The highest BCUT2D eigenvalue weighted by Crippen LogP contribution is 2.26. The van der Waals surface area contributed by atoms with Crippen LogP contribution in [0, 0.1) is 0 Å². The van der Waals surface area contributed by atoms with Crippen molar-refractivity contribution in [3.63, 3.8) is 0 Å². The van der Waals surface area contributed by atoms with Crippen LogP contribution in [0.1, 0.15) is 12.8 Å². The number of aromatic nitrogens is 4. The predicted molar refractivity (Wildman–Crippen MR) is 88.8 cm³/mol. The molecular weight excluding hydrogens is 308 g/mol. The second-order valence-electron chi connectivity index (χ2n) is 6.00. The van der Waals surface area contributed by atoms with Gasteiger partial charge in [-0.3, -0.25) is 9.48 Å². The lowest BCUT2D eigenvalue weighted by atomic mass is 10.3. The maximum Gasteiger partial charge on any atom is 0.224 e. The molecule has 0 aromatic carbocycles. The third-order valence-electron chi connectivity index (χ3n) is 3.99. The summed E-state index contributed by atoms with van der Waals surface area (Å²) in [5, 5.41) is 7.61. The Bertz CT molecular complexity index is 673. The van der Waals surface area contributed by atoms with E-state index in [1.54, 1.807) is 23.3 Å². The lowest BCUT2D eigenvalue weighted by molar-refractivity contribution is -0.130. The summed E-state index contributed by atoms with van der Waals surface area (Å²) < 4.78 is 7.74. The Morgan fingerprint density at radius 2 is 2.29 bits per heavy atom. The Labute approximate surface area is 141 Å². The molecule has 0 spiro atoms. The van der Waals surface area contributed by atoms with Gasteiger partial charge in [0, 0.05) is 45.9 Å². The molecule has 128 valence electrons. The average molecular weight is 330 g/mol. The van der Waals surface area contributed by atoms with E-state index in [0.29, 0.717) is 19.5 Å². The number of pyridine rings is 1. The lowest BCUT2D eigenvalue weighted by Gasteiger charge is -2.20. The van der Waals surface area contributed by atoms with Crippen LogP contribution >= 0.6 is 0 Å². The molecule has 8 heteroatoms. The smallest absolute Gasteiger partial charge is 0.224 e. The maximum atomic E-state index is 12.3. The molecule has 1 fully saturated rings. The Hall–Kier alpha value is -2.64. The summed E-state index contributed by atoms with van der Waals surface area (Å²) in [5.74, 6) is 1.67. The zero-order chi connectivity index (χ0) is 16.9. The lowest BCUT2D eigenvalue weighted by Crippen LogP contribution is -2.31. The summed E-state index contributed by atoms with van der Waals surface area (Å²) in [7, 11) is 3.87. The number of anilines is 1. The molecule has 0 aliphatic carbocycles. The van der Waals surface area contributed by atoms with E-state index in [1.165, 1.54) is 0 Å². The van der Waals surface area contributed by atoms with Crippen LogP contribution in [0.5, 0.6) is 5.75 Å². The normalized spacial score (nSPS) is 17.1. The molecule has 1 amide bonds.